The smallest absolute Gasteiger partial charge is 0.338 e. The number of H-pyrrole nitrogens is 1. The van der Waals surface area contributed by atoms with Gasteiger partial charge in [-0.25, -0.2) is 9.59 Å². The van der Waals surface area contributed by atoms with Gasteiger partial charge in [0.05, 0.1) is 11.3 Å². The molecule has 0 aliphatic carbocycles. The van der Waals surface area contributed by atoms with Crippen molar-refractivity contribution in [3.8, 4) is 17.1 Å². The lowest BCUT2D eigenvalue weighted by Gasteiger charge is -2.10. The minimum Gasteiger partial charge on any atom is -0.449 e. The summed E-state index contributed by atoms with van der Waals surface area (Å²) < 4.78 is 12.6. The van der Waals surface area contributed by atoms with Crippen molar-refractivity contribution in [2.45, 2.75) is 26.9 Å². The lowest BCUT2D eigenvalue weighted by atomic mass is 10.1. The zero-order chi connectivity index (χ0) is 21.3. The van der Waals surface area contributed by atoms with E-state index in [0.29, 0.717) is 17.1 Å². The first-order valence-electron chi connectivity index (χ1n) is 9.41. The summed E-state index contributed by atoms with van der Waals surface area (Å²) in [6, 6.07) is 14.3. The molecule has 0 saturated carbocycles. The molecule has 152 valence electrons. The minimum absolute atomic E-state index is 0.213. The second-order valence-corrected chi connectivity index (χ2v) is 6.98. The minimum atomic E-state index is -0.710. The molecule has 1 N–H and O–H groups in total. The molecule has 4 aromatic rings. The third kappa shape index (κ3) is 3.80. The number of aromatic amines is 1. The van der Waals surface area contributed by atoms with Crippen LogP contribution in [0.1, 0.15) is 40.5 Å². The Morgan fingerprint density at radius 2 is 1.77 bits per heavy atom. The normalized spacial score (nSPS) is 12.0. The third-order valence-electron chi connectivity index (χ3n) is 4.69. The maximum Gasteiger partial charge on any atom is 0.338 e. The van der Waals surface area contributed by atoms with Gasteiger partial charge in [-0.3, -0.25) is 4.57 Å². The highest BCUT2D eigenvalue weighted by Gasteiger charge is 2.20. The predicted octanol–water partition coefficient (Wildman–Crippen LogP) is 3.75. The molecular formula is C22H20N4O4. The van der Waals surface area contributed by atoms with E-state index in [0.717, 1.165) is 16.8 Å². The molecule has 30 heavy (non-hydrogen) atoms. The molecule has 0 aliphatic rings. The molecule has 4 rings (SSSR count). The Morgan fingerprint density at radius 3 is 2.40 bits per heavy atom. The van der Waals surface area contributed by atoms with Crippen molar-refractivity contribution in [3.05, 3.63) is 87.9 Å². The number of hydrogen-bond donors (Lipinski definition) is 1. The number of esters is 1. The molecule has 8 nitrogen and oxygen atoms in total. The monoisotopic (exact) mass is 404 g/mol. The molecule has 0 amide bonds. The number of rotatable bonds is 5. The van der Waals surface area contributed by atoms with Crippen molar-refractivity contribution in [1.29, 1.82) is 0 Å². The van der Waals surface area contributed by atoms with E-state index in [1.807, 2.05) is 38.1 Å². The van der Waals surface area contributed by atoms with Gasteiger partial charge >= 0.3 is 11.7 Å². The Balaban J connectivity index is 1.46. The van der Waals surface area contributed by atoms with Crippen LogP contribution in [0.5, 0.6) is 0 Å². The van der Waals surface area contributed by atoms with E-state index in [-0.39, 0.29) is 11.6 Å². The van der Waals surface area contributed by atoms with Gasteiger partial charge < -0.3 is 14.1 Å². The summed E-state index contributed by atoms with van der Waals surface area (Å²) in [6.45, 7) is 5.48. The topological polar surface area (TPSA) is 103 Å². The number of ether oxygens (including phenoxy) is 1. The molecule has 0 spiro atoms. The third-order valence-corrected chi connectivity index (χ3v) is 4.69. The van der Waals surface area contributed by atoms with Crippen LogP contribution in [0.2, 0.25) is 0 Å². The number of carbonyl (C=O) groups excluding carboxylic acids is 1. The molecule has 0 radical (unpaired) electrons. The highest BCUT2D eigenvalue weighted by atomic mass is 16.6. The second-order valence-electron chi connectivity index (χ2n) is 6.98. The van der Waals surface area contributed by atoms with Crippen molar-refractivity contribution in [2.75, 3.05) is 0 Å². The average molecular weight is 404 g/mol. The Bertz CT molecular complexity index is 1230. The zero-order valence-corrected chi connectivity index (χ0v) is 16.7. The van der Waals surface area contributed by atoms with Crippen LogP contribution in [0, 0.1) is 13.8 Å². The van der Waals surface area contributed by atoms with Gasteiger partial charge in [0.15, 0.2) is 6.10 Å². The highest BCUT2D eigenvalue weighted by molar-refractivity contribution is 5.89. The van der Waals surface area contributed by atoms with Gasteiger partial charge in [0.2, 0.25) is 5.89 Å². The van der Waals surface area contributed by atoms with Gasteiger partial charge in [0.25, 0.3) is 5.89 Å². The number of nitrogens with one attached hydrogen (secondary N) is 1. The van der Waals surface area contributed by atoms with E-state index < -0.39 is 12.1 Å². The van der Waals surface area contributed by atoms with Crippen LogP contribution in [0.25, 0.3) is 17.1 Å². The summed E-state index contributed by atoms with van der Waals surface area (Å²) in [4.78, 5) is 27.0. The van der Waals surface area contributed by atoms with E-state index in [1.165, 1.54) is 4.57 Å². The van der Waals surface area contributed by atoms with E-state index in [4.69, 9.17) is 9.15 Å². The van der Waals surface area contributed by atoms with Gasteiger partial charge in [-0.2, -0.15) is 0 Å². The van der Waals surface area contributed by atoms with E-state index in [2.05, 4.69) is 15.2 Å². The average Bonchev–Trinajstić information content (AvgIpc) is 3.36. The fourth-order valence-corrected chi connectivity index (χ4v) is 3.01. The standard InChI is InChI=1S/C22H20N4O4/c1-13-4-6-16(7-5-13)20-25-24-19(30-20)15(3)29-21(27)17-8-10-18(11-9-17)26-14(2)12-23-22(26)28/h4-12,15H,1-3H3,(H,23,28). The number of hydrogen-bond acceptors (Lipinski definition) is 6. The van der Waals surface area contributed by atoms with Crippen LogP contribution in [0.4, 0.5) is 0 Å². The fraction of sp³-hybridized carbons (Fsp3) is 0.182. The quantitative estimate of drug-likeness (QED) is 0.508. The van der Waals surface area contributed by atoms with Crippen LogP contribution in [-0.4, -0.2) is 25.7 Å². The number of aryl methyl sites for hydroxylation is 2. The van der Waals surface area contributed by atoms with Crippen molar-refractivity contribution in [3.63, 3.8) is 0 Å². The number of imidazole rings is 1. The Labute approximate surface area is 172 Å². The predicted molar refractivity (Wildman–Crippen MR) is 109 cm³/mol. The maximum absolute atomic E-state index is 12.5. The van der Waals surface area contributed by atoms with Crippen LogP contribution >= 0.6 is 0 Å². The van der Waals surface area contributed by atoms with Crippen LogP contribution in [0.3, 0.4) is 0 Å². The first-order chi connectivity index (χ1) is 14.4. The lowest BCUT2D eigenvalue weighted by Crippen LogP contribution is -2.16. The van der Waals surface area contributed by atoms with Crippen LogP contribution in [0.15, 0.2) is 63.9 Å². The van der Waals surface area contributed by atoms with E-state index in [9.17, 15) is 9.59 Å². The van der Waals surface area contributed by atoms with Crippen LogP contribution in [-0.2, 0) is 4.74 Å². The van der Waals surface area contributed by atoms with Gasteiger partial charge in [-0.05, 0) is 57.2 Å². The SMILES string of the molecule is Cc1ccc(-c2nnc(C(C)OC(=O)c3ccc(-n4c(C)c[nH]c4=O)cc3)o2)cc1. The number of carbonyl (C=O) groups is 1. The van der Waals surface area contributed by atoms with Crippen molar-refractivity contribution >= 4 is 5.97 Å². The first kappa shape index (κ1) is 19.4. The van der Waals surface area contributed by atoms with Crippen molar-refractivity contribution in [1.82, 2.24) is 19.7 Å². The van der Waals surface area contributed by atoms with Gasteiger partial charge in [0.1, 0.15) is 0 Å². The summed E-state index contributed by atoms with van der Waals surface area (Å²) in [5.74, 6) is 0.0527. The molecule has 0 saturated heterocycles. The molecular weight excluding hydrogens is 384 g/mol. The van der Waals surface area contributed by atoms with Gasteiger partial charge in [-0.1, -0.05) is 17.7 Å². The molecule has 0 fully saturated rings. The zero-order valence-electron chi connectivity index (χ0n) is 16.7. The van der Waals surface area contributed by atoms with Crippen molar-refractivity contribution in [2.24, 2.45) is 0 Å². The molecule has 2 heterocycles. The summed E-state index contributed by atoms with van der Waals surface area (Å²) in [6.07, 6.45) is 0.917. The first-order valence-corrected chi connectivity index (χ1v) is 9.41. The molecule has 0 bridgehead atoms. The summed E-state index contributed by atoms with van der Waals surface area (Å²) >= 11 is 0. The Hall–Kier alpha value is -3.94. The molecule has 2 aromatic heterocycles. The van der Waals surface area contributed by atoms with E-state index >= 15 is 0 Å². The number of aromatic nitrogens is 4. The Morgan fingerprint density at radius 1 is 1.07 bits per heavy atom. The second kappa shape index (κ2) is 7.82. The lowest BCUT2D eigenvalue weighted by molar-refractivity contribution is 0.0280. The number of benzene rings is 2. The summed E-state index contributed by atoms with van der Waals surface area (Å²) in [5.41, 5.74) is 3.46. The maximum atomic E-state index is 12.5. The molecule has 2 aromatic carbocycles. The Kier molecular flexibility index (Phi) is 5.05. The summed E-state index contributed by atoms with van der Waals surface area (Å²) in [7, 11) is 0. The van der Waals surface area contributed by atoms with Gasteiger partial charge in [-0.15, -0.1) is 10.2 Å². The molecule has 8 heteroatoms. The molecule has 1 atom stereocenters. The van der Waals surface area contributed by atoms with Gasteiger partial charge in [0, 0.05) is 17.5 Å². The fourth-order valence-electron chi connectivity index (χ4n) is 3.01. The van der Waals surface area contributed by atoms with Crippen molar-refractivity contribution < 1.29 is 13.9 Å². The summed E-state index contributed by atoms with van der Waals surface area (Å²) in [5, 5.41) is 8.02. The van der Waals surface area contributed by atoms with E-state index in [1.54, 1.807) is 37.4 Å². The van der Waals surface area contributed by atoms with Crippen LogP contribution < -0.4 is 5.69 Å². The molecule has 1 unspecified atom stereocenters. The largest absolute Gasteiger partial charge is 0.449 e. The number of nitrogens with zero attached hydrogens (tertiary/aromatic N) is 3. The highest BCUT2D eigenvalue weighted by Crippen LogP contribution is 2.23. The molecule has 0 aliphatic heterocycles.